The second-order valence-electron chi connectivity index (χ2n) is 4.57. The molecule has 1 heteroatoms. The highest BCUT2D eigenvalue weighted by Gasteiger charge is 2.02. The Kier molecular flexibility index (Phi) is 3.20. The Morgan fingerprint density at radius 1 is 0.947 bits per heavy atom. The zero-order valence-electron chi connectivity index (χ0n) is 10.9. The van der Waals surface area contributed by atoms with E-state index in [1.54, 1.807) is 7.11 Å². The minimum Gasteiger partial charge on any atom is -0.497 e. The predicted molar refractivity (Wildman–Crippen MR) is 78.6 cm³/mol. The van der Waals surface area contributed by atoms with Crippen molar-refractivity contribution >= 4 is 10.8 Å². The minimum absolute atomic E-state index is 0.898. The SMILES string of the molecule is COc1ccc(Cc2cc[c]c3ccccc23)cc1. The van der Waals surface area contributed by atoms with E-state index >= 15 is 0 Å². The van der Waals surface area contributed by atoms with E-state index in [0.29, 0.717) is 0 Å². The van der Waals surface area contributed by atoms with Crippen molar-refractivity contribution in [3.8, 4) is 5.75 Å². The molecule has 1 nitrogen and oxygen atoms in total. The molecule has 0 fully saturated rings. The molecule has 0 aliphatic rings. The van der Waals surface area contributed by atoms with Crippen LogP contribution in [0.2, 0.25) is 0 Å². The van der Waals surface area contributed by atoms with Gasteiger partial charge in [0.15, 0.2) is 0 Å². The molecule has 3 rings (SSSR count). The molecule has 0 aromatic heterocycles. The van der Waals surface area contributed by atoms with Gasteiger partial charge in [0.2, 0.25) is 0 Å². The van der Waals surface area contributed by atoms with Crippen LogP contribution in [0, 0.1) is 6.07 Å². The number of hydrogen-bond donors (Lipinski definition) is 0. The van der Waals surface area contributed by atoms with Crippen molar-refractivity contribution in [3.05, 3.63) is 77.9 Å². The van der Waals surface area contributed by atoms with Crippen LogP contribution in [0.4, 0.5) is 0 Å². The Morgan fingerprint density at radius 3 is 2.53 bits per heavy atom. The number of benzene rings is 3. The topological polar surface area (TPSA) is 9.23 Å². The number of fused-ring (bicyclic) bond motifs is 1. The van der Waals surface area contributed by atoms with Crippen molar-refractivity contribution in [2.75, 3.05) is 7.11 Å². The quantitative estimate of drug-likeness (QED) is 0.672. The van der Waals surface area contributed by atoms with Crippen LogP contribution >= 0.6 is 0 Å². The molecular formula is C18H15O. The normalized spacial score (nSPS) is 10.6. The molecule has 3 aromatic rings. The Hall–Kier alpha value is -2.28. The van der Waals surface area contributed by atoms with Crippen molar-refractivity contribution in [2.24, 2.45) is 0 Å². The summed E-state index contributed by atoms with van der Waals surface area (Å²) in [7, 11) is 1.69. The van der Waals surface area contributed by atoms with Gasteiger partial charge >= 0.3 is 0 Å². The lowest BCUT2D eigenvalue weighted by Gasteiger charge is -2.07. The summed E-state index contributed by atoms with van der Waals surface area (Å²) in [6.45, 7) is 0. The van der Waals surface area contributed by atoms with E-state index in [-0.39, 0.29) is 0 Å². The van der Waals surface area contributed by atoms with Crippen molar-refractivity contribution in [1.29, 1.82) is 0 Å². The molecule has 3 aromatic carbocycles. The molecular weight excluding hydrogens is 232 g/mol. The number of rotatable bonds is 3. The first-order valence-electron chi connectivity index (χ1n) is 6.38. The van der Waals surface area contributed by atoms with E-state index in [1.165, 1.54) is 21.9 Å². The average molecular weight is 247 g/mol. The average Bonchev–Trinajstić information content (AvgIpc) is 2.48. The van der Waals surface area contributed by atoms with Gasteiger partial charge in [-0.05, 0) is 46.5 Å². The first-order valence-corrected chi connectivity index (χ1v) is 6.38. The van der Waals surface area contributed by atoms with E-state index in [1.807, 2.05) is 18.2 Å². The Labute approximate surface area is 113 Å². The van der Waals surface area contributed by atoms with Gasteiger partial charge in [-0.1, -0.05) is 48.5 Å². The van der Waals surface area contributed by atoms with E-state index < -0.39 is 0 Å². The fourth-order valence-corrected chi connectivity index (χ4v) is 2.33. The molecule has 1 radical (unpaired) electrons. The third kappa shape index (κ3) is 2.45. The van der Waals surface area contributed by atoms with Crippen molar-refractivity contribution in [1.82, 2.24) is 0 Å². The van der Waals surface area contributed by atoms with Crippen LogP contribution in [0.25, 0.3) is 10.8 Å². The van der Waals surface area contributed by atoms with Crippen LogP contribution < -0.4 is 4.74 Å². The van der Waals surface area contributed by atoms with Crippen LogP contribution in [-0.2, 0) is 6.42 Å². The highest BCUT2D eigenvalue weighted by Crippen LogP contribution is 2.21. The first-order chi connectivity index (χ1) is 9.36. The van der Waals surface area contributed by atoms with Gasteiger partial charge in [-0.3, -0.25) is 0 Å². The molecule has 0 saturated carbocycles. The molecule has 0 saturated heterocycles. The maximum Gasteiger partial charge on any atom is 0.118 e. The molecule has 0 aliphatic carbocycles. The Balaban J connectivity index is 1.96. The largest absolute Gasteiger partial charge is 0.497 e. The van der Waals surface area contributed by atoms with E-state index in [2.05, 4.69) is 48.5 Å². The van der Waals surface area contributed by atoms with Crippen molar-refractivity contribution in [3.63, 3.8) is 0 Å². The predicted octanol–water partition coefficient (Wildman–Crippen LogP) is 4.24. The summed E-state index contributed by atoms with van der Waals surface area (Å²) in [4.78, 5) is 0. The van der Waals surface area contributed by atoms with Gasteiger partial charge in [0, 0.05) is 0 Å². The summed E-state index contributed by atoms with van der Waals surface area (Å²) >= 11 is 0. The fourth-order valence-electron chi connectivity index (χ4n) is 2.33. The summed E-state index contributed by atoms with van der Waals surface area (Å²) in [5.41, 5.74) is 2.62. The molecule has 0 aliphatic heterocycles. The van der Waals surface area contributed by atoms with Crippen LogP contribution in [0.15, 0.2) is 60.7 Å². The molecule has 0 unspecified atom stereocenters. The van der Waals surface area contributed by atoms with E-state index in [0.717, 1.165) is 12.2 Å². The van der Waals surface area contributed by atoms with Crippen molar-refractivity contribution in [2.45, 2.75) is 6.42 Å². The van der Waals surface area contributed by atoms with Gasteiger partial charge in [-0.15, -0.1) is 0 Å². The lowest BCUT2D eigenvalue weighted by Crippen LogP contribution is -1.90. The summed E-state index contributed by atoms with van der Waals surface area (Å²) in [5.74, 6) is 0.898. The summed E-state index contributed by atoms with van der Waals surface area (Å²) in [5, 5.41) is 2.45. The second-order valence-corrected chi connectivity index (χ2v) is 4.57. The molecule has 0 amide bonds. The molecule has 0 atom stereocenters. The highest BCUT2D eigenvalue weighted by atomic mass is 16.5. The van der Waals surface area contributed by atoms with Gasteiger partial charge < -0.3 is 4.74 Å². The Morgan fingerprint density at radius 2 is 1.74 bits per heavy atom. The lowest BCUT2D eigenvalue weighted by molar-refractivity contribution is 0.414. The van der Waals surface area contributed by atoms with Crippen LogP contribution in [0.5, 0.6) is 5.75 Å². The van der Waals surface area contributed by atoms with Crippen LogP contribution in [-0.4, -0.2) is 7.11 Å². The molecule has 19 heavy (non-hydrogen) atoms. The first kappa shape index (κ1) is 11.8. The number of hydrogen-bond acceptors (Lipinski definition) is 1. The van der Waals surface area contributed by atoms with Gasteiger partial charge in [0.05, 0.1) is 7.11 Å². The molecule has 0 heterocycles. The zero-order chi connectivity index (χ0) is 13.1. The monoisotopic (exact) mass is 247 g/mol. The standard InChI is InChI=1S/C18H15O/c1-19-17-11-9-14(10-12-17)13-16-7-4-6-15-5-2-3-8-18(15)16/h2-5,7-12H,13H2,1H3. The van der Waals surface area contributed by atoms with Gasteiger partial charge in [-0.2, -0.15) is 0 Å². The molecule has 0 spiro atoms. The van der Waals surface area contributed by atoms with Crippen molar-refractivity contribution < 1.29 is 4.74 Å². The molecule has 0 bridgehead atoms. The lowest BCUT2D eigenvalue weighted by atomic mass is 9.98. The molecule has 0 N–H and O–H groups in total. The maximum absolute atomic E-state index is 5.18. The summed E-state index contributed by atoms with van der Waals surface area (Å²) in [6.07, 6.45) is 0.930. The van der Waals surface area contributed by atoms with E-state index in [4.69, 9.17) is 4.74 Å². The smallest absolute Gasteiger partial charge is 0.118 e. The fraction of sp³-hybridized carbons (Fsp3) is 0.111. The number of methoxy groups -OCH3 is 1. The Bertz CT molecular complexity index is 678. The maximum atomic E-state index is 5.18. The zero-order valence-corrected chi connectivity index (χ0v) is 10.9. The third-order valence-corrected chi connectivity index (χ3v) is 3.35. The number of ether oxygens (including phenoxy) is 1. The third-order valence-electron chi connectivity index (χ3n) is 3.35. The van der Waals surface area contributed by atoms with Gasteiger partial charge in [-0.25, -0.2) is 0 Å². The summed E-state index contributed by atoms with van der Waals surface area (Å²) in [6, 6.07) is 24.1. The molecule has 93 valence electrons. The van der Waals surface area contributed by atoms with Crippen LogP contribution in [0.1, 0.15) is 11.1 Å². The summed E-state index contributed by atoms with van der Waals surface area (Å²) < 4.78 is 5.18. The van der Waals surface area contributed by atoms with Crippen LogP contribution in [0.3, 0.4) is 0 Å². The van der Waals surface area contributed by atoms with Gasteiger partial charge in [0.25, 0.3) is 0 Å². The van der Waals surface area contributed by atoms with Gasteiger partial charge in [0.1, 0.15) is 5.75 Å². The highest BCUT2D eigenvalue weighted by molar-refractivity contribution is 5.85. The minimum atomic E-state index is 0.898. The van der Waals surface area contributed by atoms with E-state index in [9.17, 15) is 0 Å². The second kappa shape index (κ2) is 5.15.